The number of benzene rings is 1. The topological polar surface area (TPSA) is 12.0 Å². The molecule has 1 nitrogen and oxygen atoms in total. The molecule has 0 spiro atoms. The van der Waals surface area contributed by atoms with E-state index in [9.17, 15) is 0 Å². The summed E-state index contributed by atoms with van der Waals surface area (Å²) in [4.78, 5) is 0. The molecule has 15 heavy (non-hydrogen) atoms. The van der Waals surface area contributed by atoms with Gasteiger partial charge in [0.25, 0.3) is 0 Å². The van der Waals surface area contributed by atoms with Crippen LogP contribution in [0.2, 0.25) is 0 Å². The van der Waals surface area contributed by atoms with Crippen molar-refractivity contribution < 1.29 is 0 Å². The first-order valence-electron chi connectivity index (χ1n) is 5.27. The summed E-state index contributed by atoms with van der Waals surface area (Å²) in [5.74, 6) is 0. The van der Waals surface area contributed by atoms with Crippen LogP contribution in [-0.2, 0) is 6.54 Å². The fourth-order valence-electron chi connectivity index (χ4n) is 1.34. The van der Waals surface area contributed by atoms with E-state index in [1.54, 1.807) is 0 Å². The molecule has 1 atom stereocenters. The normalized spacial score (nSPS) is 12.7. The van der Waals surface area contributed by atoms with E-state index >= 15 is 0 Å². The van der Waals surface area contributed by atoms with Crippen molar-refractivity contribution >= 4 is 27.5 Å². The fourth-order valence-corrected chi connectivity index (χ4v) is 1.76. The lowest BCUT2D eigenvalue weighted by Gasteiger charge is -2.05. The van der Waals surface area contributed by atoms with Crippen LogP contribution < -0.4 is 5.32 Å². The first-order chi connectivity index (χ1) is 7.18. The molecule has 0 saturated heterocycles. The van der Waals surface area contributed by atoms with Gasteiger partial charge in [0.15, 0.2) is 0 Å². The Labute approximate surface area is 105 Å². The van der Waals surface area contributed by atoms with E-state index in [2.05, 4.69) is 45.5 Å². The molecule has 0 saturated carbocycles. The van der Waals surface area contributed by atoms with Crippen LogP contribution in [0.15, 0.2) is 28.7 Å². The Bertz CT molecular complexity index is 271. The van der Waals surface area contributed by atoms with Crippen LogP contribution in [0.4, 0.5) is 0 Å². The summed E-state index contributed by atoms with van der Waals surface area (Å²) in [6, 6.07) is 8.39. The predicted octanol–water partition coefficient (Wildman–Crippen LogP) is 3.95. The fraction of sp³-hybridized carbons (Fsp3) is 0.500. The average molecular weight is 291 g/mol. The molecule has 0 radical (unpaired) electrons. The SMILES string of the molecule is CC(Cl)CCCNCc1ccc(Br)cc1. The van der Waals surface area contributed by atoms with E-state index in [1.165, 1.54) is 5.56 Å². The third kappa shape index (κ3) is 6.18. The largest absolute Gasteiger partial charge is 0.313 e. The van der Waals surface area contributed by atoms with Gasteiger partial charge in [-0.25, -0.2) is 0 Å². The van der Waals surface area contributed by atoms with Crippen molar-refractivity contribution in [2.45, 2.75) is 31.7 Å². The van der Waals surface area contributed by atoms with Gasteiger partial charge in [-0.05, 0) is 44.0 Å². The maximum absolute atomic E-state index is 5.86. The number of hydrogen-bond donors (Lipinski definition) is 1. The van der Waals surface area contributed by atoms with Gasteiger partial charge in [0.2, 0.25) is 0 Å². The van der Waals surface area contributed by atoms with E-state index in [0.717, 1.165) is 30.4 Å². The molecule has 1 aromatic carbocycles. The lowest BCUT2D eigenvalue weighted by molar-refractivity contribution is 0.619. The summed E-state index contributed by atoms with van der Waals surface area (Å²) in [5.41, 5.74) is 1.32. The second kappa shape index (κ2) is 7.26. The van der Waals surface area contributed by atoms with E-state index in [-0.39, 0.29) is 0 Å². The molecular weight excluding hydrogens is 273 g/mol. The zero-order chi connectivity index (χ0) is 11.1. The Morgan fingerprint density at radius 3 is 2.60 bits per heavy atom. The Kier molecular flexibility index (Phi) is 6.30. The predicted molar refractivity (Wildman–Crippen MR) is 70.4 cm³/mol. The van der Waals surface area contributed by atoms with Crippen molar-refractivity contribution in [2.24, 2.45) is 0 Å². The average Bonchev–Trinajstić information content (AvgIpc) is 2.20. The first kappa shape index (κ1) is 13.0. The van der Waals surface area contributed by atoms with E-state index in [4.69, 9.17) is 11.6 Å². The smallest absolute Gasteiger partial charge is 0.0308 e. The summed E-state index contributed by atoms with van der Waals surface area (Å²) in [7, 11) is 0. The van der Waals surface area contributed by atoms with Crippen molar-refractivity contribution in [3.8, 4) is 0 Å². The van der Waals surface area contributed by atoms with Crippen LogP contribution in [0.5, 0.6) is 0 Å². The maximum Gasteiger partial charge on any atom is 0.0308 e. The third-order valence-corrected chi connectivity index (χ3v) is 2.94. The van der Waals surface area contributed by atoms with E-state index < -0.39 is 0 Å². The third-order valence-electron chi connectivity index (χ3n) is 2.20. The molecule has 3 heteroatoms. The number of halogens is 2. The van der Waals surface area contributed by atoms with Gasteiger partial charge < -0.3 is 5.32 Å². The van der Waals surface area contributed by atoms with Crippen LogP contribution in [0.25, 0.3) is 0 Å². The van der Waals surface area contributed by atoms with Crippen LogP contribution in [-0.4, -0.2) is 11.9 Å². The highest BCUT2D eigenvalue weighted by atomic mass is 79.9. The lowest BCUT2D eigenvalue weighted by Crippen LogP contribution is -2.15. The Morgan fingerprint density at radius 1 is 1.33 bits per heavy atom. The zero-order valence-electron chi connectivity index (χ0n) is 8.97. The van der Waals surface area contributed by atoms with Gasteiger partial charge in [-0.3, -0.25) is 0 Å². The summed E-state index contributed by atoms with van der Waals surface area (Å²) in [6.45, 7) is 4.01. The summed E-state index contributed by atoms with van der Waals surface area (Å²) in [5, 5.41) is 3.69. The minimum Gasteiger partial charge on any atom is -0.313 e. The Balaban J connectivity index is 2.12. The standard InChI is InChI=1S/C12H17BrClN/c1-10(14)3-2-8-15-9-11-4-6-12(13)7-5-11/h4-7,10,15H,2-3,8-9H2,1H3. The second-order valence-corrected chi connectivity index (χ2v) is 5.39. The molecular formula is C12H17BrClN. The van der Waals surface area contributed by atoms with Crippen LogP contribution in [0, 0.1) is 0 Å². The summed E-state index contributed by atoms with van der Waals surface area (Å²) in [6.07, 6.45) is 2.22. The summed E-state index contributed by atoms with van der Waals surface area (Å²) < 4.78 is 1.13. The van der Waals surface area contributed by atoms with Gasteiger partial charge in [-0.15, -0.1) is 11.6 Å². The zero-order valence-corrected chi connectivity index (χ0v) is 11.3. The molecule has 1 rings (SSSR count). The van der Waals surface area contributed by atoms with Crippen molar-refractivity contribution in [3.63, 3.8) is 0 Å². The van der Waals surface area contributed by atoms with Gasteiger partial charge in [0.05, 0.1) is 0 Å². The second-order valence-electron chi connectivity index (χ2n) is 3.73. The maximum atomic E-state index is 5.86. The quantitative estimate of drug-likeness (QED) is 0.618. The van der Waals surface area contributed by atoms with Crippen LogP contribution in [0.3, 0.4) is 0 Å². The van der Waals surface area contributed by atoms with E-state index in [0.29, 0.717) is 5.38 Å². The van der Waals surface area contributed by atoms with Gasteiger partial charge in [-0.1, -0.05) is 28.1 Å². The molecule has 0 bridgehead atoms. The molecule has 0 aromatic heterocycles. The first-order valence-corrected chi connectivity index (χ1v) is 6.50. The summed E-state index contributed by atoms with van der Waals surface area (Å²) >= 11 is 9.28. The molecule has 0 heterocycles. The molecule has 0 aliphatic rings. The Hall–Kier alpha value is -0.0500. The molecule has 0 aliphatic heterocycles. The highest BCUT2D eigenvalue weighted by molar-refractivity contribution is 9.10. The van der Waals surface area contributed by atoms with Gasteiger partial charge in [-0.2, -0.15) is 0 Å². The van der Waals surface area contributed by atoms with Crippen molar-refractivity contribution in [3.05, 3.63) is 34.3 Å². The van der Waals surface area contributed by atoms with Crippen LogP contribution >= 0.6 is 27.5 Å². The molecule has 0 fully saturated rings. The number of alkyl halides is 1. The molecule has 0 amide bonds. The minimum absolute atomic E-state index is 0.291. The highest BCUT2D eigenvalue weighted by Gasteiger charge is 1.96. The molecule has 84 valence electrons. The monoisotopic (exact) mass is 289 g/mol. The Morgan fingerprint density at radius 2 is 2.00 bits per heavy atom. The molecule has 0 aliphatic carbocycles. The minimum atomic E-state index is 0.291. The molecule has 1 unspecified atom stereocenters. The number of hydrogen-bond acceptors (Lipinski definition) is 1. The molecule has 1 aromatic rings. The lowest BCUT2D eigenvalue weighted by atomic mass is 10.2. The van der Waals surface area contributed by atoms with E-state index in [1.807, 2.05) is 6.92 Å². The van der Waals surface area contributed by atoms with Gasteiger partial charge in [0, 0.05) is 16.4 Å². The van der Waals surface area contributed by atoms with Gasteiger partial charge >= 0.3 is 0 Å². The van der Waals surface area contributed by atoms with Crippen molar-refractivity contribution in [2.75, 3.05) is 6.54 Å². The highest BCUT2D eigenvalue weighted by Crippen LogP contribution is 2.10. The van der Waals surface area contributed by atoms with Gasteiger partial charge in [0.1, 0.15) is 0 Å². The van der Waals surface area contributed by atoms with Crippen LogP contribution in [0.1, 0.15) is 25.3 Å². The van der Waals surface area contributed by atoms with Crippen molar-refractivity contribution in [1.82, 2.24) is 5.32 Å². The number of rotatable bonds is 6. The van der Waals surface area contributed by atoms with Crippen molar-refractivity contribution in [1.29, 1.82) is 0 Å². The molecule has 1 N–H and O–H groups in total. The number of nitrogens with one attached hydrogen (secondary N) is 1.